The van der Waals surface area contributed by atoms with E-state index in [0.717, 1.165) is 54.4 Å². The molecule has 1 aliphatic rings. The molecule has 0 bridgehead atoms. The third kappa shape index (κ3) is 3.70. The molecule has 2 N–H and O–H groups in total. The summed E-state index contributed by atoms with van der Waals surface area (Å²) in [5.74, 6) is 1.43. The largest absolute Gasteiger partial charge is 0.382 e. The van der Waals surface area contributed by atoms with Crippen molar-refractivity contribution in [1.29, 1.82) is 0 Å². The van der Waals surface area contributed by atoms with Gasteiger partial charge in [-0.3, -0.25) is 9.88 Å². The molecule has 158 valence electrons. The summed E-state index contributed by atoms with van der Waals surface area (Å²) >= 11 is 0. The molecule has 0 unspecified atom stereocenters. The fourth-order valence-electron chi connectivity index (χ4n) is 4.07. The van der Waals surface area contributed by atoms with Gasteiger partial charge in [-0.2, -0.15) is 0 Å². The van der Waals surface area contributed by atoms with Crippen LogP contribution in [0.3, 0.4) is 0 Å². The van der Waals surface area contributed by atoms with Gasteiger partial charge in [0, 0.05) is 68.1 Å². The number of fused-ring (bicyclic) bond motifs is 1. The van der Waals surface area contributed by atoms with Crippen LogP contribution in [0.4, 0.5) is 11.6 Å². The average molecular weight is 415 g/mol. The van der Waals surface area contributed by atoms with Gasteiger partial charge in [0.05, 0.1) is 11.3 Å². The number of aromatic nitrogens is 5. The van der Waals surface area contributed by atoms with E-state index in [1.807, 2.05) is 36.8 Å². The average Bonchev–Trinajstić information content (AvgIpc) is 3.14. The zero-order valence-electron chi connectivity index (χ0n) is 17.8. The molecule has 0 spiro atoms. The Labute approximate surface area is 181 Å². The smallest absolute Gasteiger partial charge is 0.166 e. The summed E-state index contributed by atoms with van der Waals surface area (Å²) in [6.45, 7) is 8.64. The van der Waals surface area contributed by atoms with Crippen molar-refractivity contribution in [3.8, 4) is 22.4 Å². The fraction of sp³-hybridized carbons (Fsp3) is 0.304. The van der Waals surface area contributed by atoms with E-state index in [9.17, 15) is 0 Å². The van der Waals surface area contributed by atoms with Crippen LogP contribution in [0.25, 0.3) is 28.0 Å². The normalized spacial score (nSPS) is 15.1. The van der Waals surface area contributed by atoms with Gasteiger partial charge in [0.2, 0.25) is 0 Å². The lowest BCUT2D eigenvalue weighted by atomic mass is 10.1. The second-order valence-corrected chi connectivity index (χ2v) is 8.11. The number of pyridine rings is 2. The molecule has 4 aromatic rings. The molecule has 0 amide bonds. The first-order chi connectivity index (χ1) is 15.1. The molecule has 8 nitrogen and oxygen atoms in total. The highest BCUT2D eigenvalue weighted by Gasteiger charge is 2.20. The van der Waals surface area contributed by atoms with Crippen LogP contribution >= 0.6 is 0 Å². The fourth-order valence-corrected chi connectivity index (χ4v) is 4.07. The van der Waals surface area contributed by atoms with E-state index in [4.69, 9.17) is 10.7 Å². The Bertz CT molecular complexity index is 1180. The summed E-state index contributed by atoms with van der Waals surface area (Å²) in [6, 6.07) is 10.5. The SMILES string of the molecule is CC(C)N1CCN(c2ccc(-c3cnc4c(-c5ccccn5)c(N)nn4c3)cn2)CC1. The zero-order valence-corrected chi connectivity index (χ0v) is 17.8. The van der Waals surface area contributed by atoms with Crippen LogP contribution in [0, 0.1) is 0 Å². The molecule has 1 aliphatic heterocycles. The predicted octanol–water partition coefficient (Wildman–Crippen LogP) is 2.97. The van der Waals surface area contributed by atoms with Crippen LogP contribution in [0.15, 0.2) is 55.1 Å². The van der Waals surface area contributed by atoms with E-state index in [-0.39, 0.29) is 0 Å². The van der Waals surface area contributed by atoms with Crippen molar-refractivity contribution in [2.45, 2.75) is 19.9 Å². The second kappa shape index (κ2) is 7.96. The molecule has 1 saturated heterocycles. The van der Waals surface area contributed by atoms with Crippen molar-refractivity contribution in [3.63, 3.8) is 0 Å². The first-order valence-electron chi connectivity index (χ1n) is 10.6. The number of nitrogens with zero attached hydrogens (tertiary/aromatic N) is 7. The molecule has 0 saturated carbocycles. The number of hydrogen-bond donors (Lipinski definition) is 1. The molecule has 0 aromatic carbocycles. The third-order valence-electron chi connectivity index (χ3n) is 5.87. The van der Waals surface area contributed by atoms with Crippen molar-refractivity contribution in [1.82, 2.24) is 29.5 Å². The van der Waals surface area contributed by atoms with Crippen LogP contribution < -0.4 is 10.6 Å². The van der Waals surface area contributed by atoms with E-state index >= 15 is 0 Å². The van der Waals surface area contributed by atoms with E-state index in [1.165, 1.54) is 0 Å². The number of nitrogen functional groups attached to an aromatic ring is 1. The van der Waals surface area contributed by atoms with Gasteiger partial charge in [0.15, 0.2) is 11.5 Å². The van der Waals surface area contributed by atoms with Crippen LogP contribution in [-0.4, -0.2) is 61.7 Å². The van der Waals surface area contributed by atoms with Gasteiger partial charge in [-0.15, -0.1) is 5.10 Å². The molecule has 0 atom stereocenters. The predicted molar refractivity (Wildman–Crippen MR) is 123 cm³/mol. The molecule has 0 radical (unpaired) electrons. The first kappa shape index (κ1) is 19.4. The highest BCUT2D eigenvalue weighted by molar-refractivity contribution is 5.84. The zero-order chi connectivity index (χ0) is 21.4. The summed E-state index contributed by atoms with van der Waals surface area (Å²) in [5, 5.41) is 4.45. The van der Waals surface area contributed by atoms with E-state index in [1.54, 1.807) is 10.7 Å². The molecule has 1 fully saturated rings. The molecule has 5 heterocycles. The molecular weight excluding hydrogens is 388 g/mol. The molecular formula is C23H26N8. The second-order valence-electron chi connectivity index (χ2n) is 8.11. The summed E-state index contributed by atoms with van der Waals surface area (Å²) in [6.07, 6.45) is 7.41. The molecule has 31 heavy (non-hydrogen) atoms. The maximum atomic E-state index is 6.17. The lowest BCUT2D eigenvalue weighted by molar-refractivity contribution is 0.209. The number of anilines is 2. The minimum absolute atomic E-state index is 0.414. The molecule has 4 aromatic heterocycles. The Morgan fingerprint density at radius 1 is 0.903 bits per heavy atom. The highest BCUT2D eigenvalue weighted by Crippen LogP contribution is 2.29. The topological polar surface area (TPSA) is 88.5 Å². The Balaban J connectivity index is 1.39. The van der Waals surface area contributed by atoms with Gasteiger partial charge < -0.3 is 10.6 Å². The minimum Gasteiger partial charge on any atom is -0.382 e. The monoisotopic (exact) mass is 414 g/mol. The van der Waals surface area contributed by atoms with Crippen LogP contribution in [-0.2, 0) is 0 Å². The maximum Gasteiger partial charge on any atom is 0.166 e. The van der Waals surface area contributed by atoms with Crippen molar-refractivity contribution >= 4 is 17.3 Å². The van der Waals surface area contributed by atoms with Crippen LogP contribution in [0.1, 0.15) is 13.8 Å². The summed E-state index contributed by atoms with van der Waals surface area (Å²) < 4.78 is 1.72. The molecule has 5 rings (SSSR count). The van der Waals surface area contributed by atoms with E-state index < -0.39 is 0 Å². The van der Waals surface area contributed by atoms with Gasteiger partial charge in [-0.25, -0.2) is 14.5 Å². The van der Waals surface area contributed by atoms with Gasteiger partial charge in [0.25, 0.3) is 0 Å². The Kier molecular flexibility index (Phi) is 4.99. The third-order valence-corrected chi connectivity index (χ3v) is 5.87. The van der Waals surface area contributed by atoms with Crippen molar-refractivity contribution < 1.29 is 0 Å². The van der Waals surface area contributed by atoms with Gasteiger partial charge in [-0.1, -0.05) is 6.07 Å². The van der Waals surface area contributed by atoms with Crippen molar-refractivity contribution in [3.05, 3.63) is 55.1 Å². The lowest BCUT2D eigenvalue weighted by Crippen LogP contribution is -2.49. The number of nitrogens with two attached hydrogens (primary N) is 1. The molecule has 0 aliphatic carbocycles. The summed E-state index contributed by atoms with van der Waals surface area (Å²) in [5.41, 5.74) is 10.3. The van der Waals surface area contributed by atoms with Gasteiger partial charge >= 0.3 is 0 Å². The maximum absolute atomic E-state index is 6.17. The first-order valence-corrected chi connectivity index (χ1v) is 10.6. The van der Waals surface area contributed by atoms with Crippen LogP contribution in [0.2, 0.25) is 0 Å². The van der Waals surface area contributed by atoms with E-state index in [0.29, 0.717) is 17.5 Å². The number of piperazine rings is 1. The molecule has 8 heteroatoms. The number of hydrogen-bond acceptors (Lipinski definition) is 7. The minimum atomic E-state index is 0.414. The van der Waals surface area contributed by atoms with Crippen molar-refractivity contribution in [2.24, 2.45) is 0 Å². The van der Waals surface area contributed by atoms with Gasteiger partial charge in [0.1, 0.15) is 5.82 Å². The Morgan fingerprint density at radius 2 is 1.71 bits per heavy atom. The summed E-state index contributed by atoms with van der Waals surface area (Å²) in [7, 11) is 0. The highest BCUT2D eigenvalue weighted by atomic mass is 15.3. The van der Waals surface area contributed by atoms with Gasteiger partial charge in [-0.05, 0) is 38.1 Å². The van der Waals surface area contributed by atoms with E-state index in [2.05, 4.69) is 50.8 Å². The Morgan fingerprint density at radius 3 is 2.39 bits per heavy atom. The lowest BCUT2D eigenvalue weighted by Gasteiger charge is -2.37. The standard InChI is InChI=1S/C23H26N8/c1-16(2)29-9-11-30(12-10-29)20-7-6-17(13-26-20)18-14-27-23-21(19-5-3-4-8-25-19)22(24)28-31(23)15-18/h3-8,13-16H,9-12H2,1-2H3,(H2,24,28). The summed E-state index contributed by atoms with van der Waals surface area (Å²) in [4.78, 5) is 18.6. The van der Waals surface area contributed by atoms with Crippen LogP contribution in [0.5, 0.6) is 0 Å². The van der Waals surface area contributed by atoms with Crippen molar-refractivity contribution in [2.75, 3.05) is 36.8 Å². The quantitative estimate of drug-likeness (QED) is 0.549. The number of rotatable bonds is 4. The Hall–Kier alpha value is -3.52.